The Bertz CT molecular complexity index is 498. The number of primary amides is 1. The van der Waals surface area contributed by atoms with E-state index in [2.05, 4.69) is 5.73 Å². The number of alkyl halides is 3. The van der Waals surface area contributed by atoms with Gasteiger partial charge in [-0.05, 0) is 0 Å². The van der Waals surface area contributed by atoms with Crippen molar-refractivity contribution in [3.63, 3.8) is 0 Å². The Morgan fingerprint density at radius 3 is 2.24 bits per heavy atom. The summed E-state index contributed by atoms with van der Waals surface area (Å²) >= 11 is 0. The highest BCUT2D eigenvalue weighted by atomic mass is 19.4. The third-order valence-electron chi connectivity index (χ3n) is 1.84. The maximum absolute atomic E-state index is 13.1. The summed E-state index contributed by atoms with van der Waals surface area (Å²) in [5, 5.41) is 10.3. The first-order chi connectivity index (χ1) is 7.64. The van der Waals surface area contributed by atoms with Crippen molar-refractivity contribution in [1.82, 2.24) is 0 Å². The molecule has 1 aromatic carbocycles. The molecule has 1 amide bonds. The third kappa shape index (κ3) is 2.49. The standard InChI is InChI=1S/C8H4F4N2O3/c9-5-2-3(14(16)17)1-4(8(10,11)12)6(5)7(13)15/h1-2H,(H2,13,15). The molecule has 9 heteroatoms. The van der Waals surface area contributed by atoms with Gasteiger partial charge >= 0.3 is 6.18 Å². The van der Waals surface area contributed by atoms with Crippen molar-refractivity contribution in [2.24, 2.45) is 5.73 Å². The molecular weight excluding hydrogens is 248 g/mol. The molecule has 1 rings (SSSR count). The van der Waals surface area contributed by atoms with Gasteiger partial charge in [0.25, 0.3) is 11.6 Å². The number of nitrogens with zero attached hydrogens (tertiary/aromatic N) is 1. The minimum Gasteiger partial charge on any atom is -0.365 e. The maximum atomic E-state index is 13.1. The van der Waals surface area contributed by atoms with Crippen LogP contribution in [0.4, 0.5) is 23.2 Å². The van der Waals surface area contributed by atoms with Gasteiger partial charge < -0.3 is 5.73 Å². The Kier molecular flexibility index (Phi) is 3.03. The van der Waals surface area contributed by atoms with Crippen LogP contribution in [0.5, 0.6) is 0 Å². The first kappa shape index (κ1) is 12.9. The molecule has 0 fully saturated rings. The second-order valence-corrected chi connectivity index (χ2v) is 2.97. The number of carbonyl (C=O) groups is 1. The Morgan fingerprint density at radius 2 is 1.88 bits per heavy atom. The van der Waals surface area contributed by atoms with Crippen molar-refractivity contribution in [1.29, 1.82) is 0 Å². The van der Waals surface area contributed by atoms with Crippen molar-refractivity contribution >= 4 is 11.6 Å². The minimum atomic E-state index is -5.11. The highest BCUT2D eigenvalue weighted by Gasteiger charge is 2.38. The van der Waals surface area contributed by atoms with Gasteiger partial charge in [-0.25, -0.2) is 4.39 Å². The second kappa shape index (κ2) is 4.00. The van der Waals surface area contributed by atoms with E-state index in [-0.39, 0.29) is 12.1 Å². The molecule has 92 valence electrons. The molecule has 0 heterocycles. The molecule has 2 N–H and O–H groups in total. The van der Waals surface area contributed by atoms with Crippen LogP contribution in [0.1, 0.15) is 15.9 Å². The number of nitrogens with two attached hydrogens (primary N) is 1. The van der Waals surface area contributed by atoms with Crippen LogP contribution in [0.2, 0.25) is 0 Å². The van der Waals surface area contributed by atoms with E-state index in [1.54, 1.807) is 0 Å². The van der Waals surface area contributed by atoms with E-state index in [1.165, 1.54) is 0 Å². The van der Waals surface area contributed by atoms with Gasteiger partial charge in [0.1, 0.15) is 5.82 Å². The summed E-state index contributed by atoms with van der Waals surface area (Å²) in [6.07, 6.45) is -5.11. The summed E-state index contributed by atoms with van der Waals surface area (Å²) in [6.45, 7) is 0. The van der Waals surface area contributed by atoms with Crippen LogP contribution in [0.25, 0.3) is 0 Å². The number of rotatable bonds is 2. The maximum Gasteiger partial charge on any atom is 0.417 e. The van der Waals surface area contributed by atoms with Crippen LogP contribution in [0, 0.1) is 15.9 Å². The molecule has 1 aromatic rings. The Hall–Kier alpha value is -2.19. The zero-order chi connectivity index (χ0) is 13.4. The van der Waals surface area contributed by atoms with Gasteiger partial charge in [-0.3, -0.25) is 14.9 Å². The van der Waals surface area contributed by atoms with E-state index >= 15 is 0 Å². The predicted octanol–water partition coefficient (Wildman–Crippen LogP) is 1.85. The topological polar surface area (TPSA) is 86.2 Å². The fourth-order valence-corrected chi connectivity index (χ4v) is 1.17. The van der Waals surface area contributed by atoms with E-state index < -0.39 is 39.6 Å². The molecular formula is C8H4F4N2O3. The number of carbonyl (C=O) groups excluding carboxylic acids is 1. The quantitative estimate of drug-likeness (QED) is 0.495. The number of halogens is 4. The molecule has 0 saturated heterocycles. The molecule has 0 aliphatic heterocycles. The molecule has 0 aliphatic carbocycles. The average Bonchev–Trinajstić information content (AvgIpc) is 2.14. The van der Waals surface area contributed by atoms with Gasteiger partial charge in [0.15, 0.2) is 0 Å². The van der Waals surface area contributed by atoms with Crippen LogP contribution in [0.3, 0.4) is 0 Å². The summed E-state index contributed by atoms with van der Waals surface area (Å²) in [4.78, 5) is 19.7. The average molecular weight is 252 g/mol. The number of benzene rings is 1. The van der Waals surface area contributed by atoms with E-state index in [1.807, 2.05) is 0 Å². The summed E-state index contributed by atoms with van der Waals surface area (Å²) in [5.74, 6) is -3.33. The van der Waals surface area contributed by atoms with Gasteiger partial charge in [-0.15, -0.1) is 0 Å². The van der Waals surface area contributed by atoms with E-state index in [0.717, 1.165) is 0 Å². The van der Waals surface area contributed by atoms with Crippen LogP contribution in [-0.4, -0.2) is 10.8 Å². The molecule has 0 radical (unpaired) electrons. The normalized spacial score (nSPS) is 11.3. The Morgan fingerprint density at radius 1 is 1.35 bits per heavy atom. The van der Waals surface area contributed by atoms with Crippen LogP contribution < -0.4 is 5.73 Å². The zero-order valence-corrected chi connectivity index (χ0v) is 7.92. The molecule has 5 nitrogen and oxygen atoms in total. The Balaban J connectivity index is 3.62. The number of hydrogen-bond donors (Lipinski definition) is 1. The van der Waals surface area contributed by atoms with Gasteiger partial charge in [0.2, 0.25) is 0 Å². The lowest BCUT2D eigenvalue weighted by atomic mass is 10.0. The molecule has 0 saturated carbocycles. The first-order valence-corrected chi connectivity index (χ1v) is 3.99. The smallest absolute Gasteiger partial charge is 0.365 e. The van der Waals surface area contributed by atoms with E-state index in [9.17, 15) is 32.5 Å². The van der Waals surface area contributed by atoms with Crippen molar-refractivity contribution in [3.8, 4) is 0 Å². The van der Waals surface area contributed by atoms with Crippen LogP contribution >= 0.6 is 0 Å². The molecule has 0 aromatic heterocycles. The molecule has 0 unspecified atom stereocenters. The fourth-order valence-electron chi connectivity index (χ4n) is 1.17. The van der Waals surface area contributed by atoms with Crippen molar-refractivity contribution in [2.45, 2.75) is 6.18 Å². The lowest BCUT2D eigenvalue weighted by molar-refractivity contribution is -0.385. The first-order valence-electron chi connectivity index (χ1n) is 3.99. The molecule has 0 spiro atoms. The van der Waals surface area contributed by atoms with Gasteiger partial charge in [0, 0.05) is 6.07 Å². The summed E-state index contributed by atoms with van der Waals surface area (Å²) < 4.78 is 50.5. The number of nitro groups is 1. The van der Waals surface area contributed by atoms with Crippen LogP contribution in [-0.2, 0) is 6.18 Å². The second-order valence-electron chi connectivity index (χ2n) is 2.97. The lowest BCUT2D eigenvalue weighted by Gasteiger charge is -2.10. The number of non-ortho nitro benzene ring substituents is 1. The fraction of sp³-hybridized carbons (Fsp3) is 0.125. The van der Waals surface area contributed by atoms with Crippen molar-refractivity contribution in [2.75, 3.05) is 0 Å². The largest absolute Gasteiger partial charge is 0.417 e. The summed E-state index contributed by atoms with van der Waals surface area (Å²) in [5.41, 5.74) is 0.297. The van der Waals surface area contributed by atoms with E-state index in [0.29, 0.717) is 0 Å². The molecule has 0 aliphatic rings. The van der Waals surface area contributed by atoms with Gasteiger partial charge in [-0.2, -0.15) is 13.2 Å². The van der Waals surface area contributed by atoms with Crippen molar-refractivity contribution in [3.05, 3.63) is 39.2 Å². The van der Waals surface area contributed by atoms with Crippen molar-refractivity contribution < 1.29 is 27.3 Å². The monoisotopic (exact) mass is 252 g/mol. The highest BCUT2D eigenvalue weighted by Crippen LogP contribution is 2.35. The predicted molar refractivity (Wildman–Crippen MR) is 46.6 cm³/mol. The Labute approximate surface area is 91.0 Å². The minimum absolute atomic E-state index is 0.0587. The summed E-state index contributed by atoms with van der Waals surface area (Å²) in [7, 11) is 0. The third-order valence-corrected chi connectivity index (χ3v) is 1.84. The van der Waals surface area contributed by atoms with Gasteiger partial charge in [0.05, 0.1) is 22.1 Å². The number of hydrogen-bond acceptors (Lipinski definition) is 3. The zero-order valence-electron chi connectivity index (χ0n) is 7.92. The SMILES string of the molecule is NC(=O)c1c(F)cc([N+](=O)[O-])cc1C(F)(F)F. The molecule has 0 bridgehead atoms. The number of nitro benzene ring substituents is 1. The molecule has 0 atom stereocenters. The highest BCUT2D eigenvalue weighted by molar-refractivity contribution is 5.95. The van der Waals surface area contributed by atoms with Gasteiger partial charge in [-0.1, -0.05) is 0 Å². The van der Waals surface area contributed by atoms with Crippen LogP contribution in [0.15, 0.2) is 12.1 Å². The van der Waals surface area contributed by atoms with E-state index in [4.69, 9.17) is 0 Å². The summed E-state index contributed by atoms with van der Waals surface area (Å²) in [6, 6.07) is 0.262. The number of amides is 1. The lowest BCUT2D eigenvalue weighted by Crippen LogP contribution is -2.21. The molecule has 17 heavy (non-hydrogen) atoms.